The largest absolute Gasteiger partial charge is 0.484 e. The first-order valence-corrected chi connectivity index (χ1v) is 7.91. The van der Waals surface area contributed by atoms with Gasteiger partial charge in [-0.05, 0) is 28.9 Å². The molecule has 0 aliphatic carbocycles. The second kappa shape index (κ2) is 7.56. The summed E-state index contributed by atoms with van der Waals surface area (Å²) in [6.45, 7) is 8.26. The number of hydrogen-bond acceptors (Lipinski definition) is 4. The maximum atomic E-state index is 5.98. The summed E-state index contributed by atoms with van der Waals surface area (Å²) in [5, 5.41) is 7.56. The first kappa shape index (κ1) is 16.0. The molecule has 0 radical (unpaired) electrons. The fourth-order valence-corrected chi connectivity index (χ4v) is 2.49. The van der Waals surface area contributed by atoms with E-state index in [4.69, 9.17) is 4.74 Å². The molecule has 0 amide bonds. The van der Waals surface area contributed by atoms with E-state index in [9.17, 15) is 0 Å². The summed E-state index contributed by atoms with van der Waals surface area (Å²) in [5.41, 5.74) is 1.13. The van der Waals surface area contributed by atoms with Crippen molar-refractivity contribution in [3.63, 3.8) is 0 Å². The first-order valence-electron chi connectivity index (χ1n) is 7.12. The second-order valence-corrected chi connectivity index (χ2v) is 5.90. The fraction of sp³-hybridized carbons (Fsp3) is 0.467. The molecule has 1 aromatic carbocycles. The normalized spacial score (nSPS) is 11.1. The van der Waals surface area contributed by atoms with Crippen molar-refractivity contribution in [3.05, 3.63) is 40.4 Å². The highest BCUT2D eigenvalue weighted by molar-refractivity contribution is 9.10. The maximum absolute atomic E-state index is 5.98. The highest BCUT2D eigenvalue weighted by Gasteiger charge is 2.11. The molecule has 0 saturated carbocycles. The number of ether oxygens (including phenoxy) is 1. The number of aryl methyl sites for hydroxylation is 1. The molecule has 0 spiro atoms. The van der Waals surface area contributed by atoms with Crippen LogP contribution in [0.5, 0.6) is 5.75 Å². The zero-order valence-corrected chi connectivity index (χ0v) is 14.2. The Morgan fingerprint density at radius 1 is 1.38 bits per heavy atom. The second-order valence-electron chi connectivity index (χ2n) is 5.04. The molecule has 2 aromatic rings. The Hall–Kier alpha value is -1.40. The number of nitrogens with one attached hydrogen (secondary N) is 1. The van der Waals surface area contributed by atoms with Gasteiger partial charge in [-0.2, -0.15) is 5.10 Å². The molecule has 0 unspecified atom stereocenters. The molecule has 0 saturated heterocycles. The predicted molar refractivity (Wildman–Crippen MR) is 86.1 cm³/mol. The fourth-order valence-electron chi connectivity index (χ4n) is 1.97. The van der Waals surface area contributed by atoms with Gasteiger partial charge >= 0.3 is 0 Å². The average Bonchev–Trinajstić information content (AvgIpc) is 2.91. The Labute approximate surface area is 133 Å². The summed E-state index contributed by atoms with van der Waals surface area (Å²) >= 11 is 3.56. The van der Waals surface area contributed by atoms with Crippen molar-refractivity contribution in [3.8, 4) is 5.75 Å². The Bertz CT molecular complexity index is 583. The molecule has 0 aliphatic heterocycles. The summed E-state index contributed by atoms with van der Waals surface area (Å²) in [7, 11) is 0. The van der Waals surface area contributed by atoms with E-state index in [-0.39, 0.29) is 0 Å². The van der Waals surface area contributed by atoms with E-state index < -0.39 is 0 Å². The molecule has 0 fully saturated rings. The summed E-state index contributed by atoms with van der Waals surface area (Å²) < 4.78 is 8.77. The van der Waals surface area contributed by atoms with E-state index >= 15 is 0 Å². The summed E-state index contributed by atoms with van der Waals surface area (Å²) in [4.78, 5) is 4.23. The van der Waals surface area contributed by atoms with Crippen molar-refractivity contribution >= 4 is 15.9 Å². The molecule has 2 rings (SSSR count). The molecule has 1 heterocycles. The maximum Gasteiger partial charge on any atom is 0.164 e. The lowest BCUT2D eigenvalue weighted by molar-refractivity contribution is 0.281. The summed E-state index contributed by atoms with van der Waals surface area (Å²) in [6, 6.07) is 6.50. The zero-order chi connectivity index (χ0) is 15.2. The number of nitrogens with zero attached hydrogens (tertiary/aromatic N) is 3. The molecule has 114 valence electrons. The highest BCUT2D eigenvalue weighted by atomic mass is 79.9. The third-order valence-electron chi connectivity index (χ3n) is 3.09. The van der Waals surface area contributed by atoms with Crippen LogP contribution in [0.4, 0.5) is 0 Å². The minimum absolute atomic E-state index is 0.408. The molecule has 1 N–H and O–H groups in total. The van der Waals surface area contributed by atoms with E-state index in [1.165, 1.54) is 0 Å². The van der Waals surface area contributed by atoms with Gasteiger partial charge in [0.2, 0.25) is 0 Å². The molecule has 0 bridgehead atoms. The molecule has 0 aliphatic rings. The third kappa shape index (κ3) is 4.28. The van der Waals surface area contributed by atoms with Crippen LogP contribution in [0, 0.1) is 0 Å². The predicted octanol–water partition coefficient (Wildman–Crippen LogP) is 3.14. The van der Waals surface area contributed by atoms with Crippen LogP contribution >= 0.6 is 15.9 Å². The Morgan fingerprint density at radius 2 is 2.19 bits per heavy atom. The minimum atomic E-state index is 0.408. The monoisotopic (exact) mass is 352 g/mol. The molecule has 5 nitrogen and oxygen atoms in total. The quantitative estimate of drug-likeness (QED) is 0.831. The van der Waals surface area contributed by atoms with Gasteiger partial charge < -0.3 is 10.1 Å². The number of para-hydroxylation sites is 1. The Morgan fingerprint density at radius 3 is 2.90 bits per heavy atom. The lowest BCUT2D eigenvalue weighted by atomic mass is 10.2. The minimum Gasteiger partial charge on any atom is -0.484 e. The lowest BCUT2D eigenvalue weighted by Crippen LogP contribution is -2.22. The van der Waals surface area contributed by atoms with Crippen molar-refractivity contribution in [1.29, 1.82) is 0 Å². The van der Waals surface area contributed by atoms with E-state index in [0.717, 1.165) is 34.7 Å². The SMILES string of the molecule is CCn1ncnc1COc1c(Br)cccc1CNC(C)C. The van der Waals surface area contributed by atoms with E-state index in [1.807, 2.05) is 23.7 Å². The van der Waals surface area contributed by atoms with Gasteiger partial charge in [-0.15, -0.1) is 0 Å². The number of aromatic nitrogens is 3. The smallest absolute Gasteiger partial charge is 0.164 e. The van der Waals surface area contributed by atoms with Crippen LogP contribution in [0.1, 0.15) is 32.2 Å². The van der Waals surface area contributed by atoms with Crippen molar-refractivity contribution < 1.29 is 4.74 Å². The third-order valence-corrected chi connectivity index (χ3v) is 3.71. The molecule has 1 aromatic heterocycles. The zero-order valence-electron chi connectivity index (χ0n) is 12.6. The van der Waals surface area contributed by atoms with Crippen molar-refractivity contribution in [1.82, 2.24) is 20.1 Å². The van der Waals surface area contributed by atoms with Gasteiger partial charge in [-0.3, -0.25) is 0 Å². The van der Waals surface area contributed by atoms with Gasteiger partial charge in [0.05, 0.1) is 4.47 Å². The first-order chi connectivity index (χ1) is 10.1. The number of rotatable bonds is 7. The molecular weight excluding hydrogens is 332 g/mol. The highest BCUT2D eigenvalue weighted by Crippen LogP contribution is 2.29. The van der Waals surface area contributed by atoms with Gasteiger partial charge in [-0.1, -0.05) is 26.0 Å². The molecule has 6 heteroatoms. The van der Waals surface area contributed by atoms with Crippen LogP contribution in [-0.4, -0.2) is 20.8 Å². The van der Waals surface area contributed by atoms with Crippen molar-refractivity contribution in [2.45, 2.75) is 46.5 Å². The van der Waals surface area contributed by atoms with Crippen molar-refractivity contribution in [2.75, 3.05) is 0 Å². The standard InChI is InChI=1S/C15H21BrN4O/c1-4-20-14(18-10-19-20)9-21-15-12(8-17-11(2)3)6-5-7-13(15)16/h5-7,10-11,17H,4,8-9H2,1-3H3. The Kier molecular flexibility index (Phi) is 5.76. The topological polar surface area (TPSA) is 52.0 Å². The number of hydrogen-bond donors (Lipinski definition) is 1. The van der Waals surface area contributed by atoms with Crippen LogP contribution in [0.3, 0.4) is 0 Å². The van der Waals surface area contributed by atoms with Crippen LogP contribution in [0.2, 0.25) is 0 Å². The van der Waals surface area contributed by atoms with Gasteiger partial charge in [0.1, 0.15) is 18.7 Å². The van der Waals surface area contributed by atoms with Gasteiger partial charge in [-0.25, -0.2) is 9.67 Å². The lowest BCUT2D eigenvalue weighted by Gasteiger charge is -2.15. The average molecular weight is 353 g/mol. The molecular formula is C15H21BrN4O. The van der Waals surface area contributed by atoms with E-state index in [2.05, 4.69) is 51.2 Å². The van der Waals surface area contributed by atoms with E-state index in [0.29, 0.717) is 12.6 Å². The van der Waals surface area contributed by atoms with Crippen LogP contribution in [0.15, 0.2) is 29.0 Å². The summed E-state index contributed by atoms with van der Waals surface area (Å²) in [5.74, 6) is 1.69. The Balaban J connectivity index is 2.11. The van der Waals surface area contributed by atoms with Gasteiger partial charge in [0.25, 0.3) is 0 Å². The number of benzene rings is 1. The number of halogens is 1. The van der Waals surface area contributed by atoms with Gasteiger partial charge in [0, 0.05) is 24.7 Å². The van der Waals surface area contributed by atoms with Crippen molar-refractivity contribution in [2.24, 2.45) is 0 Å². The van der Waals surface area contributed by atoms with Crippen LogP contribution < -0.4 is 10.1 Å². The van der Waals surface area contributed by atoms with Crippen LogP contribution in [-0.2, 0) is 19.7 Å². The van der Waals surface area contributed by atoms with Gasteiger partial charge in [0.15, 0.2) is 5.82 Å². The van der Waals surface area contributed by atoms with E-state index in [1.54, 1.807) is 6.33 Å². The molecule has 21 heavy (non-hydrogen) atoms. The van der Waals surface area contributed by atoms with Crippen LogP contribution in [0.25, 0.3) is 0 Å². The molecule has 0 atom stereocenters. The summed E-state index contributed by atoms with van der Waals surface area (Å²) in [6.07, 6.45) is 1.56.